The molecule has 88 valence electrons. The topological polar surface area (TPSA) is 37.3 Å². The number of rotatable bonds is 3. The minimum absolute atomic E-state index is 0.154. The van der Waals surface area contributed by atoms with E-state index in [4.69, 9.17) is 16.2 Å². The van der Waals surface area contributed by atoms with Crippen LogP contribution >= 0.6 is 11.6 Å². The maximum absolute atomic E-state index is 10.8. The third-order valence-corrected chi connectivity index (χ3v) is 3.23. The Balaban J connectivity index is 2.32. The number of hydrogen-bond acceptors (Lipinski definition) is 1. The van der Waals surface area contributed by atoms with Gasteiger partial charge >= 0.3 is 0 Å². The Hall–Kier alpha value is -1.16. The fraction of sp³-hybridized carbons (Fsp3) is 0.0769. The molecule has 1 atom stereocenters. The highest BCUT2D eigenvalue weighted by Gasteiger charge is 2.01. The van der Waals surface area contributed by atoms with Gasteiger partial charge in [0, 0.05) is 5.02 Å². The van der Waals surface area contributed by atoms with Crippen LogP contribution in [0.25, 0.3) is 11.1 Å². The first kappa shape index (κ1) is 12.3. The second kappa shape index (κ2) is 5.45. The second-order valence-corrected chi connectivity index (χ2v) is 5.04. The van der Waals surface area contributed by atoms with Gasteiger partial charge in [0.15, 0.2) is 11.1 Å². The van der Waals surface area contributed by atoms with Gasteiger partial charge in [-0.15, -0.1) is 0 Å². The van der Waals surface area contributed by atoms with Crippen LogP contribution < -0.4 is 0 Å². The van der Waals surface area contributed by atoms with Gasteiger partial charge in [-0.3, -0.25) is 0 Å². The Morgan fingerprint density at radius 3 is 2.41 bits per heavy atom. The predicted octanol–water partition coefficient (Wildman–Crippen LogP) is 3.73. The fourth-order valence-electron chi connectivity index (χ4n) is 1.63. The summed E-state index contributed by atoms with van der Waals surface area (Å²) in [7, 11) is 0. The lowest BCUT2D eigenvalue weighted by molar-refractivity contribution is 0.563. The molecule has 0 aliphatic heterocycles. The molecule has 0 saturated carbocycles. The van der Waals surface area contributed by atoms with Gasteiger partial charge in [0.1, 0.15) is 0 Å². The zero-order valence-corrected chi connectivity index (χ0v) is 10.5. The first-order chi connectivity index (χ1) is 8.15. The molecule has 2 aromatic rings. The van der Waals surface area contributed by atoms with E-state index < -0.39 is 11.1 Å². The van der Waals surface area contributed by atoms with Crippen LogP contribution in [0, 0.1) is 0 Å². The molecular formula is C13H11ClO2S. The van der Waals surface area contributed by atoms with E-state index in [-0.39, 0.29) is 5.75 Å². The Kier molecular flexibility index (Phi) is 3.94. The Morgan fingerprint density at radius 2 is 1.76 bits per heavy atom. The van der Waals surface area contributed by atoms with Gasteiger partial charge in [-0.1, -0.05) is 48.0 Å². The van der Waals surface area contributed by atoms with Gasteiger partial charge in [-0.05, 0) is 28.8 Å². The minimum atomic E-state index is -1.81. The van der Waals surface area contributed by atoms with E-state index >= 15 is 0 Å². The molecule has 0 heterocycles. The molecule has 2 nitrogen and oxygen atoms in total. The van der Waals surface area contributed by atoms with Crippen molar-refractivity contribution in [3.8, 4) is 11.1 Å². The smallest absolute Gasteiger partial charge is 0.157 e. The van der Waals surface area contributed by atoms with E-state index in [1.54, 1.807) is 0 Å². The number of halogens is 1. The zero-order chi connectivity index (χ0) is 12.3. The molecule has 1 unspecified atom stereocenters. The van der Waals surface area contributed by atoms with Gasteiger partial charge in [-0.25, -0.2) is 4.21 Å². The number of benzene rings is 2. The van der Waals surface area contributed by atoms with Crippen LogP contribution in [0.1, 0.15) is 5.56 Å². The van der Waals surface area contributed by atoms with E-state index in [0.29, 0.717) is 5.02 Å². The maximum Gasteiger partial charge on any atom is 0.157 e. The number of hydrogen-bond donors (Lipinski definition) is 1. The molecule has 0 saturated heterocycles. The molecule has 0 bridgehead atoms. The predicted molar refractivity (Wildman–Crippen MR) is 71.4 cm³/mol. The highest BCUT2D eigenvalue weighted by Crippen LogP contribution is 2.22. The van der Waals surface area contributed by atoms with Gasteiger partial charge < -0.3 is 4.55 Å². The van der Waals surface area contributed by atoms with Crippen LogP contribution in [0.2, 0.25) is 5.02 Å². The zero-order valence-electron chi connectivity index (χ0n) is 8.97. The monoisotopic (exact) mass is 266 g/mol. The summed E-state index contributed by atoms with van der Waals surface area (Å²) in [5.74, 6) is 0.154. The standard InChI is InChI=1S/C13H11ClO2S/c14-13-6-4-11(5-7-13)12-3-1-2-10(8-12)9-17(15)16/h1-8H,9H2,(H,15,16). The molecule has 0 aliphatic rings. The van der Waals surface area contributed by atoms with Crippen molar-refractivity contribution in [1.82, 2.24) is 0 Å². The molecule has 2 rings (SSSR count). The Morgan fingerprint density at radius 1 is 1.06 bits per heavy atom. The van der Waals surface area contributed by atoms with Crippen LogP contribution in [0.5, 0.6) is 0 Å². The average Bonchev–Trinajstić information content (AvgIpc) is 2.29. The summed E-state index contributed by atoms with van der Waals surface area (Å²) in [6.07, 6.45) is 0. The van der Waals surface area contributed by atoms with E-state index in [9.17, 15) is 4.21 Å². The molecule has 4 heteroatoms. The van der Waals surface area contributed by atoms with Crippen LogP contribution in [-0.2, 0) is 16.8 Å². The summed E-state index contributed by atoms with van der Waals surface area (Å²) < 4.78 is 19.6. The lowest BCUT2D eigenvalue weighted by Gasteiger charge is -2.04. The van der Waals surface area contributed by atoms with E-state index in [1.165, 1.54) is 0 Å². The molecular weight excluding hydrogens is 256 g/mol. The van der Waals surface area contributed by atoms with Gasteiger partial charge in [0.2, 0.25) is 0 Å². The van der Waals surface area contributed by atoms with E-state index in [2.05, 4.69) is 0 Å². The summed E-state index contributed by atoms with van der Waals surface area (Å²) in [6.45, 7) is 0. The van der Waals surface area contributed by atoms with Crippen molar-refractivity contribution in [2.24, 2.45) is 0 Å². The minimum Gasteiger partial charge on any atom is -0.306 e. The average molecular weight is 267 g/mol. The van der Waals surface area contributed by atoms with Crippen molar-refractivity contribution < 1.29 is 8.76 Å². The first-order valence-corrected chi connectivity index (χ1v) is 6.73. The third kappa shape index (κ3) is 3.40. The molecule has 0 spiro atoms. The van der Waals surface area contributed by atoms with Gasteiger partial charge in [0.25, 0.3) is 0 Å². The van der Waals surface area contributed by atoms with Crippen molar-refractivity contribution in [3.63, 3.8) is 0 Å². The molecule has 0 fully saturated rings. The normalized spacial score (nSPS) is 12.4. The van der Waals surface area contributed by atoms with Crippen LogP contribution in [0.3, 0.4) is 0 Å². The second-order valence-electron chi connectivity index (χ2n) is 3.67. The van der Waals surface area contributed by atoms with Crippen molar-refractivity contribution in [1.29, 1.82) is 0 Å². The summed E-state index contributed by atoms with van der Waals surface area (Å²) in [6, 6.07) is 15.1. The fourth-order valence-corrected chi connectivity index (χ4v) is 2.22. The SMILES string of the molecule is O=S(O)Cc1cccc(-c2ccc(Cl)cc2)c1. The van der Waals surface area contributed by atoms with Crippen molar-refractivity contribution in [2.75, 3.05) is 0 Å². The quantitative estimate of drug-likeness (QED) is 0.860. The van der Waals surface area contributed by atoms with Crippen molar-refractivity contribution in [2.45, 2.75) is 5.75 Å². The maximum atomic E-state index is 10.8. The molecule has 0 amide bonds. The third-order valence-electron chi connectivity index (χ3n) is 2.39. The van der Waals surface area contributed by atoms with E-state index in [1.807, 2.05) is 48.5 Å². The lowest BCUT2D eigenvalue weighted by Crippen LogP contribution is -1.92. The van der Waals surface area contributed by atoms with Crippen molar-refractivity contribution in [3.05, 3.63) is 59.1 Å². The lowest BCUT2D eigenvalue weighted by atomic mass is 10.0. The summed E-state index contributed by atoms with van der Waals surface area (Å²) >= 11 is 4.02. The Labute approximate surface area is 108 Å². The van der Waals surface area contributed by atoms with Crippen LogP contribution in [0.15, 0.2) is 48.5 Å². The largest absolute Gasteiger partial charge is 0.306 e. The molecule has 2 aromatic carbocycles. The molecule has 0 aromatic heterocycles. The summed E-state index contributed by atoms with van der Waals surface area (Å²) in [5.41, 5.74) is 2.91. The van der Waals surface area contributed by atoms with Gasteiger partial charge in [0.05, 0.1) is 5.75 Å². The van der Waals surface area contributed by atoms with Crippen LogP contribution in [0.4, 0.5) is 0 Å². The Bertz CT molecular complexity index is 537. The van der Waals surface area contributed by atoms with Crippen molar-refractivity contribution >= 4 is 22.7 Å². The van der Waals surface area contributed by atoms with E-state index in [0.717, 1.165) is 16.7 Å². The highest BCUT2D eigenvalue weighted by atomic mass is 35.5. The van der Waals surface area contributed by atoms with Gasteiger partial charge in [-0.2, -0.15) is 0 Å². The molecule has 1 N–H and O–H groups in total. The first-order valence-electron chi connectivity index (χ1n) is 5.07. The highest BCUT2D eigenvalue weighted by molar-refractivity contribution is 7.78. The molecule has 0 aliphatic carbocycles. The summed E-state index contributed by atoms with van der Waals surface area (Å²) in [5, 5.41) is 0.696. The van der Waals surface area contributed by atoms with Crippen LogP contribution in [-0.4, -0.2) is 8.76 Å². The molecule has 17 heavy (non-hydrogen) atoms. The summed E-state index contributed by atoms with van der Waals surface area (Å²) in [4.78, 5) is 0. The molecule has 0 radical (unpaired) electrons.